The number of hydrogen-bond acceptors (Lipinski definition) is 7. The van der Waals surface area contributed by atoms with Crippen molar-refractivity contribution in [3.63, 3.8) is 0 Å². The Labute approximate surface area is 137 Å². The quantitative estimate of drug-likeness (QED) is 0.506. The Kier molecular flexibility index (Phi) is 3.50. The van der Waals surface area contributed by atoms with E-state index in [1.54, 1.807) is 12.4 Å². The van der Waals surface area contributed by atoms with Crippen LogP contribution in [0.25, 0.3) is 22.4 Å². The number of nitrogen functional groups attached to an aromatic ring is 1. The number of rotatable bonds is 5. The third kappa shape index (κ3) is 2.74. The molecule has 24 heavy (non-hydrogen) atoms. The lowest BCUT2D eigenvalue weighted by Gasteiger charge is -2.10. The maximum Gasteiger partial charge on any atom is 0.224 e. The monoisotopic (exact) mass is 321 g/mol. The van der Waals surface area contributed by atoms with Crippen LogP contribution in [0.2, 0.25) is 0 Å². The van der Waals surface area contributed by atoms with Crippen molar-refractivity contribution >= 4 is 22.8 Å². The van der Waals surface area contributed by atoms with E-state index in [-0.39, 0.29) is 5.95 Å². The van der Waals surface area contributed by atoms with Crippen molar-refractivity contribution < 1.29 is 0 Å². The topological polar surface area (TPSA) is 123 Å². The van der Waals surface area contributed by atoms with Gasteiger partial charge in [0.2, 0.25) is 5.95 Å². The van der Waals surface area contributed by atoms with Crippen LogP contribution in [0.1, 0.15) is 0 Å². The molecule has 9 nitrogen and oxygen atoms in total. The van der Waals surface area contributed by atoms with Gasteiger partial charge in [0, 0.05) is 25.1 Å². The van der Waals surface area contributed by atoms with Crippen LogP contribution in [0.15, 0.2) is 42.9 Å². The summed E-state index contributed by atoms with van der Waals surface area (Å²) in [7, 11) is 0. The number of H-pyrrole nitrogens is 1. The first kappa shape index (κ1) is 14.1. The summed E-state index contributed by atoms with van der Waals surface area (Å²) in [4.78, 5) is 13.0. The van der Waals surface area contributed by atoms with Gasteiger partial charge < -0.3 is 11.1 Å². The molecule has 0 atom stereocenters. The first-order chi connectivity index (χ1) is 11.8. The summed E-state index contributed by atoms with van der Waals surface area (Å²) in [6.07, 6.45) is 5.34. The van der Waals surface area contributed by atoms with Gasteiger partial charge in [-0.05, 0) is 24.3 Å². The summed E-state index contributed by atoms with van der Waals surface area (Å²) < 4.78 is 1.84. The smallest absolute Gasteiger partial charge is 0.224 e. The molecule has 9 heteroatoms. The van der Waals surface area contributed by atoms with Gasteiger partial charge in [-0.25, -0.2) is 4.98 Å². The highest BCUT2D eigenvalue weighted by Crippen LogP contribution is 2.23. The van der Waals surface area contributed by atoms with Crippen molar-refractivity contribution in [1.82, 2.24) is 34.9 Å². The maximum absolute atomic E-state index is 5.82. The van der Waals surface area contributed by atoms with Crippen molar-refractivity contribution in [2.24, 2.45) is 0 Å². The van der Waals surface area contributed by atoms with Crippen molar-refractivity contribution in [3.8, 4) is 11.4 Å². The van der Waals surface area contributed by atoms with E-state index < -0.39 is 0 Å². The molecule has 0 fully saturated rings. The predicted molar refractivity (Wildman–Crippen MR) is 90.0 cm³/mol. The number of fused-ring (bicyclic) bond motifs is 1. The number of nitrogens with zero attached hydrogens (tertiary/aromatic N) is 6. The van der Waals surface area contributed by atoms with E-state index in [4.69, 9.17) is 5.73 Å². The lowest BCUT2D eigenvalue weighted by molar-refractivity contribution is 0.637. The molecular weight excluding hydrogens is 306 g/mol. The Morgan fingerprint density at radius 3 is 2.88 bits per heavy atom. The minimum absolute atomic E-state index is 0.179. The Balaban J connectivity index is 1.62. The second-order valence-corrected chi connectivity index (χ2v) is 5.16. The molecule has 0 aliphatic heterocycles. The van der Waals surface area contributed by atoms with Crippen molar-refractivity contribution in [3.05, 3.63) is 42.9 Å². The van der Waals surface area contributed by atoms with Crippen LogP contribution in [-0.4, -0.2) is 41.5 Å². The van der Waals surface area contributed by atoms with Crippen LogP contribution in [-0.2, 0) is 6.54 Å². The highest BCUT2D eigenvalue weighted by Gasteiger charge is 2.09. The molecule has 0 radical (unpaired) electrons. The Hall–Kier alpha value is -3.49. The summed E-state index contributed by atoms with van der Waals surface area (Å²) in [6.45, 7) is 1.38. The third-order valence-electron chi connectivity index (χ3n) is 3.55. The molecule has 4 aromatic heterocycles. The van der Waals surface area contributed by atoms with Crippen LogP contribution in [0.4, 0.5) is 11.8 Å². The SMILES string of the molecule is Nc1nc(NCCn2cccn2)c2ccc(-c3ccn[nH]3)nc2n1. The van der Waals surface area contributed by atoms with E-state index in [1.807, 2.05) is 35.1 Å². The van der Waals surface area contributed by atoms with Gasteiger partial charge in [-0.15, -0.1) is 0 Å². The van der Waals surface area contributed by atoms with Gasteiger partial charge in [0.05, 0.1) is 23.3 Å². The molecule has 0 saturated heterocycles. The fourth-order valence-corrected chi connectivity index (χ4v) is 2.43. The Morgan fingerprint density at radius 1 is 1.12 bits per heavy atom. The molecule has 0 aliphatic rings. The van der Waals surface area contributed by atoms with Crippen molar-refractivity contribution in [2.75, 3.05) is 17.6 Å². The highest BCUT2D eigenvalue weighted by molar-refractivity contribution is 5.88. The molecule has 4 N–H and O–H groups in total. The van der Waals surface area contributed by atoms with E-state index >= 15 is 0 Å². The molecule has 0 saturated carbocycles. The zero-order valence-electron chi connectivity index (χ0n) is 12.7. The minimum atomic E-state index is 0.179. The van der Waals surface area contributed by atoms with Gasteiger partial charge in [-0.3, -0.25) is 9.78 Å². The van der Waals surface area contributed by atoms with Gasteiger partial charge in [0.25, 0.3) is 0 Å². The molecule has 4 rings (SSSR count). The second-order valence-electron chi connectivity index (χ2n) is 5.16. The van der Waals surface area contributed by atoms with Crippen LogP contribution in [0.3, 0.4) is 0 Å². The summed E-state index contributed by atoms with van der Waals surface area (Å²) in [6, 6.07) is 7.56. The van der Waals surface area contributed by atoms with Gasteiger partial charge >= 0.3 is 0 Å². The molecule has 0 bridgehead atoms. The molecule has 0 aliphatic carbocycles. The molecule has 0 spiro atoms. The highest BCUT2D eigenvalue weighted by atomic mass is 15.3. The summed E-state index contributed by atoms with van der Waals surface area (Å²) in [5.41, 5.74) is 7.93. The van der Waals surface area contributed by atoms with Gasteiger partial charge in [0.15, 0.2) is 5.65 Å². The zero-order valence-corrected chi connectivity index (χ0v) is 12.7. The predicted octanol–water partition coefficient (Wildman–Crippen LogP) is 1.31. The first-order valence-corrected chi connectivity index (χ1v) is 7.45. The number of aromatic nitrogens is 7. The number of anilines is 2. The number of hydrogen-bond donors (Lipinski definition) is 3. The fraction of sp³-hybridized carbons (Fsp3) is 0.133. The number of nitrogens with one attached hydrogen (secondary N) is 2. The molecule has 0 aromatic carbocycles. The number of nitrogens with two attached hydrogens (primary N) is 1. The van der Waals surface area contributed by atoms with E-state index in [0.29, 0.717) is 18.0 Å². The minimum Gasteiger partial charge on any atom is -0.368 e. The number of pyridine rings is 1. The number of aromatic amines is 1. The lowest BCUT2D eigenvalue weighted by Crippen LogP contribution is -2.13. The van der Waals surface area contributed by atoms with Crippen molar-refractivity contribution in [1.29, 1.82) is 0 Å². The summed E-state index contributed by atoms with van der Waals surface area (Å²) in [5.74, 6) is 0.840. The standard InChI is InChI=1S/C15H15N9/c16-15-21-13(17-7-9-24-8-1-5-19-24)10-2-3-11(20-14(10)22-15)12-4-6-18-23-12/h1-6,8H,7,9H2,(H,18,23)(H3,16,17,20,21,22). The van der Waals surface area contributed by atoms with E-state index in [0.717, 1.165) is 23.3 Å². The van der Waals surface area contributed by atoms with E-state index in [2.05, 4.69) is 35.6 Å². The van der Waals surface area contributed by atoms with E-state index in [9.17, 15) is 0 Å². The average molecular weight is 321 g/mol. The molecule has 4 aromatic rings. The largest absolute Gasteiger partial charge is 0.368 e. The van der Waals surface area contributed by atoms with Crippen LogP contribution in [0.5, 0.6) is 0 Å². The normalized spacial score (nSPS) is 11.0. The summed E-state index contributed by atoms with van der Waals surface area (Å²) in [5, 5.41) is 15.1. The third-order valence-corrected chi connectivity index (χ3v) is 3.55. The fourth-order valence-electron chi connectivity index (χ4n) is 2.43. The molecule has 4 heterocycles. The average Bonchev–Trinajstić information content (AvgIpc) is 3.28. The lowest BCUT2D eigenvalue weighted by atomic mass is 10.2. The molecule has 120 valence electrons. The van der Waals surface area contributed by atoms with E-state index in [1.165, 1.54) is 0 Å². The first-order valence-electron chi connectivity index (χ1n) is 7.45. The molecule has 0 amide bonds. The van der Waals surface area contributed by atoms with Crippen molar-refractivity contribution in [2.45, 2.75) is 6.54 Å². The maximum atomic E-state index is 5.82. The zero-order chi connectivity index (χ0) is 16.4. The molecule has 0 unspecified atom stereocenters. The van der Waals surface area contributed by atoms with Gasteiger partial charge in [-0.2, -0.15) is 20.2 Å². The molecular formula is C15H15N9. The van der Waals surface area contributed by atoms with Gasteiger partial charge in [0.1, 0.15) is 5.82 Å². The van der Waals surface area contributed by atoms with Crippen LogP contribution in [0, 0.1) is 0 Å². The summed E-state index contributed by atoms with van der Waals surface area (Å²) >= 11 is 0. The Morgan fingerprint density at radius 2 is 2.08 bits per heavy atom. The van der Waals surface area contributed by atoms with Crippen LogP contribution >= 0.6 is 0 Å². The second kappa shape index (κ2) is 5.95. The van der Waals surface area contributed by atoms with Crippen LogP contribution < -0.4 is 11.1 Å². The van der Waals surface area contributed by atoms with Gasteiger partial charge in [-0.1, -0.05) is 0 Å². The Bertz CT molecular complexity index is 945.